The standard InChI is InChI=1S/C20H23BrN2O2S/c1-13(25-17-11-5-14(6-12-17)20(2,3)4)18(24)23-19(26)22-16-9-7-15(21)8-10-16/h5-13H,1-4H3,(H2,22,23,24,26). The van der Waals surface area contributed by atoms with Crippen molar-refractivity contribution in [3.63, 3.8) is 0 Å². The molecule has 1 amide bonds. The molecule has 1 unspecified atom stereocenters. The second kappa shape index (κ2) is 8.64. The summed E-state index contributed by atoms with van der Waals surface area (Å²) in [6, 6.07) is 15.3. The predicted octanol–water partition coefficient (Wildman–Crippen LogP) is 5.03. The van der Waals surface area contributed by atoms with Gasteiger partial charge in [0.1, 0.15) is 5.75 Å². The maximum Gasteiger partial charge on any atom is 0.266 e. The molecule has 0 fully saturated rings. The number of benzene rings is 2. The van der Waals surface area contributed by atoms with E-state index in [-0.39, 0.29) is 16.4 Å². The fourth-order valence-electron chi connectivity index (χ4n) is 2.20. The number of rotatable bonds is 4. The SMILES string of the molecule is CC(Oc1ccc(C(C)(C)C)cc1)C(=O)NC(=S)Nc1ccc(Br)cc1. The molecule has 0 aromatic heterocycles. The van der Waals surface area contributed by atoms with E-state index in [2.05, 4.69) is 47.3 Å². The number of thiocarbonyl (C=S) groups is 1. The Kier molecular flexibility index (Phi) is 6.78. The van der Waals surface area contributed by atoms with Gasteiger partial charge < -0.3 is 10.1 Å². The number of nitrogens with one attached hydrogen (secondary N) is 2. The summed E-state index contributed by atoms with van der Waals surface area (Å²) < 4.78 is 6.67. The Hall–Kier alpha value is -1.92. The number of amides is 1. The number of anilines is 1. The number of hydrogen-bond donors (Lipinski definition) is 2. The molecule has 0 aliphatic rings. The molecule has 2 aromatic carbocycles. The molecule has 2 N–H and O–H groups in total. The summed E-state index contributed by atoms with van der Waals surface area (Å²) in [5.74, 6) is 0.340. The number of hydrogen-bond acceptors (Lipinski definition) is 3. The van der Waals surface area contributed by atoms with Crippen molar-refractivity contribution in [2.45, 2.75) is 39.2 Å². The lowest BCUT2D eigenvalue weighted by molar-refractivity contribution is -0.125. The Bertz CT molecular complexity index is 768. The average molecular weight is 435 g/mol. The van der Waals surface area contributed by atoms with Crippen LogP contribution in [0.1, 0.15) is 33.3 Å². The van der Waals surface area contributed by atoms with Gasteiger partial charge in [0, 0.05) is 10.2 Å². The van der Waals surface area contributed by atoms with Crippen LogP contribution >= 0.6 is 28.1 Å². The Labute approximate surface area is 168 Å². The maximum atomic E-state index is 12.3. The van der Waals surface area contributed by atoms with Crippen molar-refractivity contribution >= 4 is 44.9 Å². The van der Waals surface area contributed by atoms with Crippen molar-refractivity contribution in [1.29, 1.82) is 0 Å². The van der Waals surface area contributed by atoms with Crippen molar-refractivity contribution < 1.29 is 9.53 Å². The number of ether oxygens (including phenoxy) is 1. The summed E-state index contributed by atoms with van der Waals surface area (Å²) in [5, 5.41) is 5.84. The Morgan fingerprint density at radius 2 is 1.65 bits per heavy atom. The van der Waals surface area contributed by atoms with E-state index < -0.39 is 6.10 Å². The largest absolute Gasteiger partial charge is 0.481 e. The molecule has 2 aromatic rings. The van der Waals surface area contributed by atoms with E-state index >= 15 is 0 Å². The molecule has 1 atom stereocenters. The molecule has 0 spiro atoms. The Morgan fingerprint density at radius 3 is 2.19 bits per heavy atom. The normalized spacial score (nSPS) is 12.2. The molecule has 0 bridgehead atoms. The lowest BCUT2D eigenvalue weighted by Gasteiger charge is -2.20. The predicted molar refractivity (Wildman–Crippen MR) is 114 cm³/mol. The van der Waals surface area contributed by atoms with E-state index in [9.17, 15) is 4.79 Å². The summed E-state index contributed by atoms with van der Waals surface area (Å²) in [5.41, 5.74) is 2.08. The molecule has 0 aliphatic carbocycles. The zero-order chi connectivity index (χ0) is 19.3. The third-order valence-electron chi connectivity index (χ3n) is 3.74. The van der Waals surface area contributed by atoms with Crippen LogP contribution in [-0.4, -0.2) is 17.1 Å². The minimum absolute atomic E-state index is 0.0758. The Morgan fingerprint density at radius 1 is 1.08 bits per heavy atom. The lowest BCUT2D eigenvalue weighted by Crippen LogP contribution is -2.42. The smallest absolute Gasteiger partial charge is 0.266 e. The first-order chi connectivity index (χ1) is 12.1. The van der Waals surface area contributed by atoms with Gasteiger partial charge in [-0.25, -0.2) is 0 Å². The highest BCUT2D eigenvalue weighted by Gasteiger charge is 2.17. The fraction of sp³-hybridized carbons (Fsp3) is 0.300. The third kappa shape index (κ3) is 6.11. The molecule has 6 heteroatoms. The van der Waals surface area contributed by atoms with Gasteiger partial charge in [-0.05, 0) is 66.5 Å². The first-order valence-electron chi connectivity index (χ1n) is 8.30. The second-order valence-corrected chi connectivity index (χ2v) is 8.31. The molecule has 138 valence electrons. The molecule has 0 saturated heterocycles. The van der Waals surface area contributed by atoms with E-state index in [1.54, 1.807) is 6.92 Å². The van der Waals surface area contributed by atoms with Crippen molar-refractivity contribution in [2.75, 3.05) is 5.32 Å². The monoisotopic (exact) mass is 434 g/mol. The minimum atomic E-state index is -0.667. The topological polar surface area (TPSA) is 50.4 Å². The zero-order valence-electron chi connectivity index (χ0n) is 15.3. The van der Waals surface area contributed by atoms with Gasteiger partial charge >= 0.3 is 0 Å². The van der Waals surface area contributed by atoms with E-state index in [0.717, 1.165) is 10.2 Å². The quantitative estimate of drug-likeness (QED) is 0.662. The van der Waals surface area contributed by atoms with Gasteiger partial charge in [0.05, 0.1) is 0 Å². The summed E-state index contributed by atoms with van der Waals surface area (Å²) in [6.07, 6.45) is -0.667. The highest BCUT2D eigenvalue weighted by atomic mass is 79.9. The summed E-state index contributed by atoms with van der Waals surface area (Å²) >= 11 is 8.55. The third-order valence-corrected chi connectivity index (χ3v) is 4.47. The van der Waals surface area contributed by atoms with Crippen LogP contribution in [0, 0.1) is 0 Å². The van der Waals surface area contributed by atoms with Crippen LogP contribution < -0.4 is 15.4 Å². The fourth-order valence-corrected chi connectivity index (χ4v) is 2.68. The number of carbonyl (C=O) groups is 1. The van der Waals surface area contributed by atoms with Crippen LogP contribution in [0.25, 0.3) is 0 Å². The van der Waals surface area contributed by atoms with Crippen LogP contribution in [-0.2, 0) is 10.2 Å². The maximum absolute atomic E-state index is 12.3. The first-order valence-corrected chi connectivity index (χ1v) is 9.50. The first kappa shape index (κ1) is 20.4. The molecule has 4 nitrogen and oxygen atoms in total. The molecule has 2 rings (SSSR count). The van der Waals surface area contributed by atoms with Crippen LogP contribution in [0.2, 0.25) is 0 Å². The van der Waals surface area contributed by atoms with Gasteiger partial charge in [-0.3, -0.25) is 10.1 Å². The molecule has 0 aliphatic heterocycles. The molecule has 0 radical (unpaired) electrons. The van der Waals surface area contributed by atoms with E-state index in [1.807, 2.05) is 48.5 Å². The number of carbonyl (C=O) groups excluding carboxylic acids is 1. The summed E-state index contributed by atoms with van der Waals surface area (Å²) in [4.78, 5) is 12.3. The average Bonchev–Trinajstić information content (AvgIpc) is 2.56. The van der Waals surface area contributed by atoms with Gasteiger partial charge in [0.15, 0.2) is 11.2 Å². The molecule has 26 heavy (non-hydrogen) atoms. The Balaban J connectivity index is 1.88. The molecule has 0 saturated carbocycles. The van der Waals surface area contributed by atoms with Gasteiger partial charge in [0.2, 0.25) is 0 Å². The van der Waals surface area contributed by atoms with Gasteiger partial charge in [-0.2, -0.15) is 0 Å². The number of halogens is 1. The van der Waals surface area contributed by atoms with Crippen LogP contribution in [0.4, 0.5) is 5.69 Å². The van der Waals surface area contributed by atoms with Gasteiger partial charge in [-0.1, -0.05) is 48.8 Å². The zero-order valence-corrected chi connectivity index (χ0v) is 17.7. The van der Waals surface area contributed by atoms with Crippen molar-refractivity contribution in [1.82, 2.24) is 5.32 Å². The summed E-state index contributed by atoms with van der Waals surface area (Å²) in [7, 11) is 0. The van der Waals surface area contributed by atoms with Gasteiger partial charge in [-0.15, -0.1) is 0 Å². The van der Waals surface area contributed by atoms with E-state index in [4.69, 9.17) is 17.0 Å². The van der Waals surface area contributed by atoms with E-state index in [1.165, 1.54) is 5.56 Å². The van der Waals surface area contributed by atoms with Crippen LogP contribution in [0.3, 0.4) is 0 Å². The molecular formula is C20H23BrN2O2S. The van der Waals surface area contributed by atoms with Crippen molar-refractivity contribution in [3.8, 4) is 5.75 Å². The lowest BCUT2D eigenvalue weighted by atomic mass is 9.87. The summed E-state index contributed by atoms with van der Waals surface area (Å²) in [6.45, 7) is 8.14. The van der Waals surface area contributed by atoms with Crippen LogP contribution in [0.5, 0.6) is 5.75 Å². The van der Waals surface area contributed by atoms with Crippen molar-refractivity contribution in [3.05, 3.63) is 58.6 Å². The highest BCUT2D eigenvalue weighted by Crippen LogP contribution is 2.24. The van der Waals surface area contributed by atoms with Crippen molar-refractivity contribution in [2.24, 2.45) is 0 Å². The minimum Gasteiger partial charge on any atom is -0.481 e. The highest BCUT2D eigenvalue weighted by molar-refractivity contribution is 9.10. The molecular weight excluding hydrogens is 412 g/mol. The van der Waals surface area contributed by atoms with Gasteiger partial charge in [0.25, 0.3) is 5.91 Å². The molecule has 0 heterocycles. The van der Waals surface area contributed by atoms with E-state index in [0.29, 0.717) is 5.75 Å². The van der Waals surface area contributed by atoms with Crippen LogP contribution in [0.15, 0.2) is 53.0 Å². The second-order valence-electron chi connectivity index (χ2n) is 6.98.